The Labute approximate surface area is 105 Å². The first-order chi connectivity index (χ1) is 7.79. The van der Waals surface area contributed by atoms with Crippen molar-refractivity contribution in [2.75, 3.05) is 18.6 Å². The fraction of sp³-hybridized carbons (Fsp3) is 1.00. The maximum absolute atomic E-state index is 11.1. The zero-order valence-electron chi connectivity index (χ0n) is 11.3. The number of nitrogens with one attached hydrogen (secondary N) is 1. The molecule has 0 aromatic carbocycles. The summed E-state index contributed by atoms with van der Waals surface area (Å²) in [5.41, 5.74) is 2.40. The summed E-state index contributed by atoms with van der Waals surface area (Å²) in [5, 5.41) is 0. The minimum Gasteiger partial charge on any atom is -0.374 e. The van der Waals surface area contributed by atoms with E-state index in [2.05, 4.69) is 5.43 Å². The van der Waals surface area contributed by atoms with Crippen LogP contribution in [-0.4, -0.2) is 38.7 Å². The van der Waals surface area contributed by atoms with Crippen LogP contribution in [0.2, 0.25) is 0 Å². The standard InChI is InChI=1S/C11H26N2O3S/c1-5-11(3,16-6-2)10(13-12)8-7-9-17(4,14)15/h10,13H,5-9,12H2,1-4H3. The first kappa shape index (κ1) is 16.8. The maximum atomic E-state index is 11.1. The Morgan fingerprint density at radius 2 is 2.00 bits per heavy atom. The molecular formula is C11H26N2O3S. The fourth-order valence-corrected chi connectivity index (χ4v) is 2.58. The molecule has 0 aromatic rings. The molecule has 0 aliphatic rings. The number of ether oxygens (including phenoxy) is 1. The molecule has 0 rings (SSSR count). The molecule has 2 atom stereocenters. The largest absolute Gasteiger partial charge is 0.374 e. The van der Waals surface area contributed by atoms with Crippen molar-refractivity contribution < 1.29 is 13.2 Å². The molecule has 0 saturated carbocycles. The second kappa shape index (κ2) is 7.31. The van der Waals surface area contributed by atoms with Gasteiger partial charge in [-0.3, -0.25) is 11.3 Å². The van der Waals surface area contributed by atoms with Crippen molar-refractivity contribution in [3.63, 3.8) is 0 Å². The molecule has 0 aliphatic carbocycles. The van der Waals surface area contributed by atoms with E-state index >= 15 is 0 Å². The molecule has 0 aliphatic heterocycles. The van der Waals surface area contributed by atoms with Crippen LogP contribution in [0, 0.1) is 0 Å². The summed E-state index contributed by atoms with van der Waals surface area (Å²) in [6, 6.07) is -0.0331. The first-order valence-electron chi connectivity index (χ1n) is 6.07. The molecule has 5 nitrogen and oxygen atoms in total. The quantitative estimate of drug-likeness (QED) is 0.477. The molecule has 104 valence electrons. The number of nitrogens with two attached hydrogens (primary N) is 1. The highest BCUT2D eigenvalue weighted by atomic mass is 32.2. The lowest BCUT2D eigenvalue weighted by Crippen LogP contribution is -2.53. The number of hydrogen-bond acceptors (Lipinski definition) is 5. The molecular weight excluding hydrogens is 240 g/mol. The average Bonchev–Trinajstić information content (AvgIpc) is 2.23. The first-order valence-corrected chi connectivity index (χ1v) is 8.13. The van der Waals surface area contributed by atoms with E-state index in [0.29, 0.717) is 19.4 Å². The zero-order valence-corrected chi connectivity index (χ0v) is 12.1. The Balaban J connectivity index is 4.39. The van der Waals surface area contributed by atoms with Crippen LogP contribution in [0.15, 0.2) is 0 Å². The van der Waals surface area contributed by atoms with Crippen LogP contribution in [0.1, 0.15) is 40.0 Å². The number of hydrogen-bond donors (Lipinski definition) is 2. The predicted molar refractivity (Wildman–Crippen MR) is 70.4 cm³/mol. The number of rotatable bonds is 9. The van der Waals surface area contributed by atoms with Gasteiger partial charge in [-0.2, -0.15) is 0 Å². The van der Waals surface area contributed by atoms with Crippen molar-refractivity contribution in [1.29, 1.82) is 0 Å². The zero-order chi connectivity index (χ0) is 13.5. The summed E-state index contributed by atoms with van der Waals surface area (Å²) >= 11 is 0. The molecule has 17 heavy (non-hydrogen) atoms. The van der Waals surface area contributed by atoms with E-state index in [-0.39, 0.29) is 17.4 Å². The van der Waals surface area contributed by atoms with Gasteiger partial charge in [0.15, 0.2) is 0 Å². The summed E-state index contributed by atoms with van der Waals surface area (Å²) in [7, 11) is -2.90. The molecule has 3 N–H and O–H groups in total. The lowest BCUT2D eigenvalue weighted by molar-refractivity contribution is -0.0571. The van der Waals surface area contributed by atoms with Crippen molar-refractivity contribution in [2.24, 2.45) is 5.84 Å². The lowest BCUT2D eigenvalue weighted by Gasteiger charge is -2.36. The summed E-state index contributed by atoms with van der Waals surface area (Å²) in [5.74, 6) is 5.73. The van der Waals surface area contributed by atoms with Gasteiger partial charge in [-0.15, -0.1) is 0 Å². The van der Waals surface area contributed by atoms with Crippen LogP contribution in [-0.2, 0) is 14.6 Å². The minimum absolute atomic E-state index is 0.0331. The smallest absolute Gasteiger partial charge is 0.147 e. The van der Waals surface area contributed by atoms with Crippen molar-refractivity contribution in [1.82, 2.24) is 5.43 Å². The van der Waals surface area contributed by atoms with E-state index in [9.17, 15) is 8.42 Å². The van der Waals surface area contributed by atoms with E-state index < -0.39 is 9.84 Å². The summed E-state index contributed by atoms with van der Waals surface area (Å²) in [6.45, 7) is 6.60. The Morgan fingerprint density at radius 1 is 1.41 bits per heavy atom. The van der Waals surface area contributed by atoms with Crippen molar-refractivity contribution >= 4 is 9.84 Å². The maximum Gasteiger partial charge on any atom is 0.147 e. The topological polar surface area (TPSA) is 81.4 Å². The van der Waals surface area contributed by atoms with Gasteiger partial charge in [0.1, 0.15) is 9.84 Å². The van der Waals surface area contributed by atoms with E-state index in [0.717, 1.165) is 6.42 Å². The van der Waals surface area contributed by atoms with Crippen LogP contribution in [0.4, 0.5) is 0 Å². The van der Waals surface area contributed by atoms with Crippen LogP contribution in [0.25, 0.3) is 0 Å². The monoisotopic (exact) mass is 266 g/mol. The molecule has 2 unspecified atom stereocenters. The highest BCUT2D eigenvalue weighted by Crippen LogP contribution is 2.23. The van der Waals surface area contributed by atoms with Gasteiger partial charge >= 0.3 is 0 Å². The molecule has 0 heterocycles. The van der Waals surface area contributed by atoms with Gasteiger partial charge in [0.25, 0.3) is 0 Å². The highest BCUT2D eigenvalue weighted by Gasteiger charge is 2.32. The Kier molecular flexibility index (Phi) is 7.23. The Morgan fingerprint density at radius 3 is 2.35 bits per heavy atom. The van der Waals surface area contributed by atoms with Crippen molar-refractivity contribution in [3.8, 4) is 0 Å². The van der Waals surface area contributed by atoms with Crippen LogP contribution in [0.5, 0.6) is 0 Å². The van der Waals surface area contributed by atoms with Gasteiger partial charge in [-0.05, 0) is 33.1 Å². The Hall–Kier alpha value is -0.170. The predicted octanol–water partition coefficient (Wildman–Crippen LogP) is 0.848. The second-order valence-corrected chi connectivity index (χ2v) is 6.85. The van der Waals surface area contributed by atoms with Crippen LogP contribution >= 0.6 is 0 Å². The number of sulfone groups is 1. The van der Waals surface area contributed by atoms with Gasteiger partial charge in [-0.1, -0.05) is 6.92 Å². The third kappa shape index (κ3) is 6.35. The molecule has 0 bridgehead atoms. The molecule has 0 spiro atoms. The third-order valence-electron chi connectivity index (χ3n) is 3.12. The molecule has 0 radical (unpaired) electrons. The second-order valence-electron chi connectivity index (χ2n) is 4.59. The minimum atomic E-state index is -2.90. The molecule has 0 saturated heterocycles. The molecule has 0 aromatic heterocycles. The van der Waals surface area contributed by atoms with E-state index in [1.54, 1.807) is 0 Å². The van der Waals surface area contributed by atoms with E-state index in [4.69, 9.17) is 10.6 Å². The molecule has 0 amide bonds. The van der Waals surface area contributed by atoms with Crippen molar-refractivity contribution in [2.45, 2.75) is 51.7 Å². The van der Waals surface area contributed by atoms with Crippen LogP contribution < -0.4 is 11.3 Å². The van der Waals surface area contributed by atoms with E-state index in [1.807, 2.05) is 20.8 Å². The fourth-order valence-electron chi connectivity index (χ4n) is 1.89. The lowest BCUT2D eigenvalue weighted by atomic mass is 9.90. The van der Waals surface area contributed by atoms with Gasteiger partial charge in [-0.25, -0.2) is 8.42 Å². The van der Waals surface area contributed by atoms with E-state index in [1.165, 1.54) is 6.26 Å². The third-order valence-corrected chi connectivity index (χ3v) is 4.15. The summed E-state index contributed by atoms with van der Waals surface area (Å²) < 4.78 is 27.8. The average molecular weight is 266 g/mol. The van der Waals surface area contributed by atoms with Gasteiger partial charge < -0.3 is 4.74 Å². The van der Waals surface area contributed by atoms with Gasteiger partial charge in [0.2, 0.25) is 0 Å². The number of hydrazine groups is 1. The summed E-state index contributed by atoms with van der Waals surface area (Å²) in [6.07, 6.45) is 3.36. The summed E-state index contributed by atoms with van der Waals surface area (Å²) in [4.78, 5) is 0. The van der Waals surface area contributed by atoms with Crippen molar-refractivity contribution in [3.05, 3.63) is 0 Å². The highest BCUT2D eigenvalue weighted by molar-refractivity contribution is 7.90. The van der Waals surface area contributed by atoms with Gasteiger partial charge in [0.05, 0.1) is 5.60 Å². The van der Waals surface area contributed by atoms with Gasteiger partial charge in [0, 0.05) is 24.7 Å². The SMILES string of the molecule is CCOC(C)(CC)C(CCCS(C)(=O)=O)NN. The van der Waals surface area contributed by atoms with Crippen LogP contribution in [0.3, 0.4) is 0 Å². The normalized spacial score (nSPS) is 17.7. The molecule has 6 heteroatoms. The molecule has 0 fully saturated rings. The Bertz CT molecular complexity index is 306.